The van der Waals surface area contributed by atoms with Gasteiger partial charge in [0.1, 0.15) is 5.39 Å². The van der Waals surface area contributed by atoms with Crippen molar-refractivity contribution in [2.45, 2.75) is 63.7 Å². The highest BCUT2D eigenvalue weighted by Crippen LogP contribution is 2.42. The molecule has 172 valence electrons. The van der Waals surface area contributed by atoms with Crippen molar-refractivity contribution in [1.82, 2.24) is 29.5 Å². The monoisotopic (exact) mass is 466 g/mol. The van der Waals surface area contributed by atoms with Crippen LogP contribution in [0.2, 0.25) is 5.02 Å². The van der Waals surface area contributed by atoms with Crippen molar-refractivity contribution in [2.75, 3.05) is 4.90 Å². The molecule has 3 aromatic heterocycles. The molecule has 4 aromatic rings. The number of nitrogens with one attached hydrogen (secondary N) is 1. The van der Waals surface area contributed by atoms with Crippen LogP contribution < -0.4 is 16.2 Å². The van der Waals surface area contributed by atoms with E-state index in [4.69, 9.17) is 22.3 Å². The van der Waals surface area contributed by atoms with Crippen LogP contribution in [0, 0.1) is 0 Å². The van der Waals surface area contributed by atoms with Crippen molar-refractivity contribution >= 4 is 39.5 Å². The Morgan fingerprint density at radius 3 is 2.70 bits per heavy atom. The molecule has 1 aromatic carbocycles. The highest BCUT2D eigenvalue weighted by molar-refractivity contribution is 6.38. The summed E-state index contributed by atoms with van der Waals surface area (Å²) < 4.78 is 3.49. The average Bonchev–Trinajstić information content (AvgIpc) is 3.45. The third-order valence-electron chi connectivity index (χ3n) is 7.29. The lowest BCUT2D eigenvalue weighted by Crippen LogP contribution is -2.55. The van der Waals surface area contributed by atoms with Gasteiger partial charge in [-0.25, -0.2) is 0 Å². The summed E-state index contributed by atoms with van der Waals surface area (Å²) in [4.78, 5) is 20.7. The molecule has 2 fully saturated rings. The number of nitrogens with two attached hydrogens (primary N) is 1. The summed E-state index contributed by atoms with van der Waals surface area (Å²) >= 11 is 6.77. The second kappa shape index (κ2) is 7.04. The van der Waals surface area contributed by atoms with Crippen molar-refractivity contribution in [3.8, 4) is 11.3 Å². The highest BCUT2D eigenvalue weighted by Gasteiger charge is 2.46. The quantitative estimate of drug-likeness (QED) is 0.479. The van der Waals surface area contributed by atoms with E-state index in [-0.39, 0.29) is 11.1 Å². The summed E-state index contributed by atoms with van der Waals surface area (Å²) in [5.41, 5.74) is 8.68. The Kier molecular flexibility index (Phi) is 4.41. The number of halogens is 1. The van der Waals surface area contributed by atoms with Crippen molar-refractivity contribution in [1.29, 1.82) is 0 Å². The van der Waals surface area contributed by atoms with Gasteiger partial charge in [-0.2, -0.15) is 15.2 Å². The maximum atomic E-state index is 13.6. The Bertz CT molecular complexity index is 1450. The first-order valence-electron chi connectivity index (χ1n) is 11.5. The topological polar surface area (TPSA) is 111 Å². The molecule has 2 bridgehead atoms. The molecule has 2 aliphatic rings. The lowest BCUT2D eigenvalue weighted by atomic mass is 9.86. The number of nitrogens with zero attached hydrogens (tertiary/aromatic N) is 6. The van der Waals surface area contributed by atoms with E-state index in [1.54, 1.807) is 11.6 Å². The zero-order chi connectivity index (χ0) is 23.1. The van der Waals surface area contributed by atoms with Crippen LogP contribution in [0.1, 0.15) is 39.5 Å². The van der Waals surface area contributed by atoms with Crippen molar-refractivity contribution in [3.05, 3.63) is 33.7 Å². The molecule has 10 heteroatoms. The average molecular weight is 467 g/mol. The van der Waals surface area contributed by atoms with Crippen LogP contribution >= 0.6 is 11.6 Å². The van der Waals surface area contributed by atoms with Crippen LogP contribution in [0.4, 0.5) is 5.95 Å². The number of H-pyrrole nitrogens is 1. The van der Waals surface area contributed by atoms with E-state index >= 15 is 0 Å². The molecular formula is C23H27ClN8O. The maximum absolute atomic E-state index is 13.6. The van der Waals surface area contributed by atoms with Crippen LogP contribution in [0.3, 0.4) is 0 Å². The molecule has 0 amide bonds. The van der Waals surface area contributed by atoms with Crippen LogP contribution in [0.15, 0.2) is 23.1 Å². The normalized spacial score (nSPS) is 24.9. The highest BCUT2D eigenvalue weighted by atomic mass is 35.5. The van der Waals surface area contributed by atoms with Crippen LogP contribution in [0.5, 0.6) is 0 Å². The lowest BCUT2D eigenvalue weighted by molar-refractivity contribution is 0.302. The van der Waals surface area contributed by atoms with Gasteiger partial charge in [0.05, 0.1) is 16.2 Å². The first-order chi connectivity index (χ1) is 15.8. The summed E-state index contributed by atoms with van der Waals surface area (Å²) in [5, 5.41) is 13.8. The summed E-state index contributed by atoms with van der Waals surface area (Å²) in [6.07, 6.45) is 5.84. The molecule has 0 saturated carbocycles. The molecule has 0 radical (unpaired) electrons. The number of fused-ring (bicyclic) bond motifs is 4. The number of piperidine rings is 1. The maximum Gasteiger partial charge on any atom is 0.266 e. The molecule has 3 atom stereocenters. The van der Waals surface area contributed by atoms with E-state index in [1.165, 1.54) is 0 Å². The van der Waals surface area contributed by atoms with Gasteiger partial charge in [-0.05, 0) is 51.7 Å². The SMILES string of the molecule is CCn1cc2c(Cl)c(-c3[nH]nc4nc(N5[C@@H]6CC[C@H]5CC(C)(N)C6)n(C)c(=O)c34)ccc2n1. The molecule has 3 N–H and O–H groups in total. The van der Waals surface area contributed by atoms with Gasteiger partial charge in [-0.15, -0.1) is 0 Å². The predicted octanol–water partition coefficient (Wildman–Crippen LogP) is 3.20. The van der Waals surface area contributed by atoms with Crippen LogP contribution in [0.25, 0.3) is 33.2 Å². The first-order valence-corrected chi connectivity index (χ1v) is 11.8. The fraction of sp³-hybridized carbons (Fsp3) is 0.478. The van der Waals surface area contributed by atoms with Gasteiger partial charge in [0.15, 0.2) is 5.65 Å². The first kappa shape index (κ1) is 20.7. The standard InChI is InChI=1S/C23H27ClN8O/c1-4-31-11-15-16(29-31)8-7-14(18(15)24)19-17-20(28-27-19)26-22(30(3)21(17)33)32-12-5-6-13(32)10-23(2,25)9-12/h7-8,11-13H,4-6,9-10,25H2,1-3H3,(H,27,28)/t12-,13+,23?. The van der Waals surface area contributed by atoms with Gasteiger partial charge < -0.3 is 10.6 Å². The summed E-state index contributed by atoms with van der Waals surface area (Å²) in [7, 11) is 1.78. The van der Waals surface area contributed by atoms with Gasteiger partial charge in [-0.1, -0.05) is 11.6 Å². The second-order valence-electron chi connectivity index (χ2n) is 9.77. The minimum atomic E-state index is -0.175. The Morgan fingerprint density at radius 2 is 2.00 bits per heavy atom. The fourth-order valence-electron chi connectivity index (χ4n) is 5.78. The van der Waals surface area contributed by atoms with Crippen molar-refractivity contribution < 1.29 is 0 Å². The van der Waals surface area contributed by atoms with E-state index in [9.17, 15) is 4.79 Å². The Morgan fingerprint density at radius 1 is 1.27 bits per heavy atom. The van der Waals surface area contributed by atoms with Gasteiger partial charge in [0, 0.05) is 48.4 Å². The van der Waals surface area contributed by atoms with Crippen molar-refractivity contribution in [3.63, 3.8) is 0 Å². The fourth-order valence-corrected chi connectivity index (χ4v) is 6.09. The van der Waals surface area contributed by atoms with Crippen LogP contribution in [-0.4, -0.2) is 47.2 Å². The molecule has 33 heavy (non-hydrogen) atoms. The van der Waals surface area contributed by atoms with E-state index in [0.29, 0.717) is 45.3 Å². The van der Waals surface area contributed by atoms with E-state index in [0.717, 1.165) is 43.1 Å². The molecule has 6 rings (SSSR count). The second-order valence-corrected chi connectivity index (χ2v) is 10.2. The van der Waals surface area contributed by atoms with Crippen molar-refractivity contribution in [2.24, 2.45) is 12.8 Å². The lowest BCUT2D eigenvalue weighted by Gasteiger charge is -2.43. The third-order valence-corrected chi connectivity index (χ3v) is 7.70. The Balaban J connectivity index is 1.49. The molecule has 5 heterocycles. The molecule has 0 spiro atoms. The molecule has 1 unspecified atom stereocenters. The van der Waals surface area contributed by atoms with Gasteiger partial charge in [0.2, 0.25) is 5.95 Å². The minimum Gasteiger partial charge on any atom is -0.336 e. The van der Waals surface area contributed by atoms with Gasteiger partial charge >= 0.3 is 0 Å². The zero-order valence-electron chi connectivity index (χ0n) is 19.0. The van der Waals surface area contributed by atoms with E-state index in [1.807, 2.05) is 29.9 Å². The number of hydrogen-bond donors (Lipinski definition) is 2. The zero-order valence-corrected chi connectivity index (χ0v) is 19.7. The molecule has 9 nitrogen and oxygen atoms in total. The number of anilines is 1. The minimum absolute atomic E-state index is 0.139. The number of aryl methyl sites for hydroxylation is 1. The number of aromatic amines is 1. The Labute approximate surface area is 195 Å². The molecule has 2 aliphatic heterocycles. The van der Waals surface area contributed by atoms with E-state index < -0.39 is 0 Å². The number of rotatable bonds is 3. The summed E-state index contributed by atoms with van der Waals surface area (Å²) in [6.45, 7) is 4.90. The molecule has 0 aliphatic carbocycles. The predicted molar refractivity (Wildman–Crippen MR) is 130 cm³/mol. The van der Waals surface area contributed by atoms with Gasteiger partial charge in [0.25, 0.3) is 5.56 Å². The van der Waals surface area contributed by atoms with Crippen LogP contribution in [-0.2, 0) is 13.6 Å². The summed E-state index contributed by atoms with van der Waals surface area (Å²) in [6, 6.07) is 4.38. The summed E-state index contributed by atoms with van der Waals surface area (Å²) in [5.74, 6) is 0.666. The number of benzene rings is 1. The third kappa shape index (κ3) is 3.02. The number of aromatic nitrogens is 6. The van der Waals surface area contributed by atoms with E-state index in [2.05, 4.69) is 27.1 Å². The molecule has 2 saturated heterocycles. The smallest absolute Gasteiger partial charge is 0.266 e. The number of hydrogen-bond acceptors (Lipinski definition) is 6. The Hall–Kier alpha value is -2.91. The largest absolute Gasteiger partial charge is 0.336 e. The van der Waals surface area contributed by atoms with Gasteiger partial charge in [-0.3, -0.25) is 19.1 Å². The molecular weight excluding hydrogens is 440 g/mol.